The van der Waals surface area contributed by atoms with Crippen LogP contribution in [0.3, 0.4) is 0 Å². The zero-order valence-electron chi connectivity index (χ0n) is 8.36. The fourth-order valence-electron chi connectivity index (χ4n) is 1.55. The van der Waals surface area contributed by atoms with Gasteiger partial charge in [0.15, 0.2) is 6.07 Å². The quantitative estimate of drug-likeness (QED) is 0.514. The Morgan fingerprint density at radius 3 is 2.75 bits per heavy atom. The highest BCUT2D eigenvalue weighted by Crippen LogP contribution is 2.27. The van der Waals surface area contributed by atoms with E-state index >= 15 is 0 Å². The van der Waals surface area contributed by atoms with Gasteiger partial charge in [0.1, 0.15) is 5.75 Å². The van der Waals surface area contributed by atoms with Crippen LogP contribution in [0.25, 0.3) is 10.8 Å². The van der Waals surface area contributed by atoms with Crippen LogP contribution >= 0.6 is 0 Å². The van der Waals surface area contributed by atoms with E-state index < -0.39 is 0 Å². The van der Waals surface area contributed by atoms with Gasteiger partial charge >= 0.3 is 0 Å². The Morgan fingerprint density at radius 1 is 1.19 bits per heavy atom. The molecule has 3 nitrogen and oxygen atoms in total. The van der Waals surface area contributed by atoms with Gasteiger partial charge in [-0.1, -0.05) is 6.07 Å². The van der Waals surface area contributed by atoms with Crippen molar-refractivity contribution in [2.24, 2.45) is 0 Å². The van der Waals surface area contributed by atoms with E-state index in [2.05, 4.69) is 11.8 Å². The number of aromatic hydroxyl groups is 1. The number of hydrogen-bond donors (Lipinski definition) is 2. The summed E-state index contributed by atoms with van der Waals surface area (Å²) in [5.41, 5.74) is 7.07. The third-order valence-corrected chi connectivity index (χ3v) is 2.30. The molecule has 0 radical (unpaired) electrons. The Bertz CT molecular complexity index is 657. The molecular formula is C13H8N2O. The molecule has 0 aliphatic heterocycles. The highest BCUT2D eigenvalue weighted by molar-refractivity contribution is 5.96. The molecule has 16 heavy (non-hydrogen) atoms. The van der Waals surface area contributed by atoms with Crippen molar-refractivity contribution in [3.8, 4) is 23.7 Å². The summed E-state index contributed by atoms with van der Waals surface area (Å²) in [7, 11) is 0. The van der Waals surface area contributed by atoms with Crippen LogP contribution in [0.15, 0.2) is 30.3 Å². The summed E-state index contributed by atoms with van der Waals surface area (Å²) in [4.78, 5) is 0. The lowest BCUT2D eigenvalue weighted by atomic mass is 10.0. The van der Waals surface area contributed by atoms with Crippen molar-refractivity contribution < 1.29 is 5.11 Å². The smallest absolute Gasteiger partial charge is 0.152 e. The number of nitrogens with two attached hydrogens (primary N) is 1. The number of nitriles is 1. The summed E-state index contributed by atoms with van der Waals surface area (Å²) in [6.45, 7) is 0. The SMILES string of the molecule is N#CC#Cc1ccc2cc(O)ccc2c1N. The minimum Gasteiger partial charge on any atom is -0.508 e. The molecule has 0 amide bonds. The fraction of sp³-hybridized carbons (Fsp3) is 0. The van der Waals surface area contributed by atoms with Crippen molar-refractivity contribution in [3.63, 3.8) is 0 Å². The second kappa shape index (κ2) is 3.84. The number of anilines is 1. The van der Waals surface area contributed by atoms with Gasteiger partial charge in [-0.25, -0.2) is 0 Å². The predicted molar refractivity (Wildman–Crippen MR) is 62.5 cm³/mol. The van der Waals surface area contributed by atoms with Crippen LogP contribution < -0.4 is 5.73 Å². The zero-order chi connectivity index (χ0) is 11.5. The second-order valence-electron chi connectivity index (χ2n) is 3.29. The van der Waals surface area contributed by atoms with Crippen LogP contribution in [0.5, 0.6) is 5.75 Å². The van der Waals surface area contributed by atoms with Gasteiger partial charge in [0.25, 0.3) is 0 Å². The summed E-state index contributed by atoms with van der Waals surface area (Å²) < 4.78 is 0. The average molecular weight is 208 g/mol. The van der Waals surface area contributed by atoms with Crippen LogP contribution in [0, 0.1) is 23.2 Å². The monoisotopic (exact) mass is 208 g/mol. The first kappa shape index (κ1) is 9.89. The van der Waals surface area contributed by atoms with Crippen LogP contribution in [0.1, 0.15) is 5.56 Å². The minimum absolute atomic E-state index is 0.197. The van der Waals surface area contributed by atoms with Gasteiger partial charge in [-0.05, 0) is 35.6 Å². The lowest BCUT2D eigenvalue weighted by Gasteiger charge is -2.04. The lowest BCUT2D eigenvalue weighted by molar-refractivity contribution is 0.476. The van der Waals surface area contributed by atoms with Crippen LogP contribution in [-0.4, -0.2) is 5.11 Å². The molecule has 0 saturated heterocycles. The summed E-state index contributed by atoms with van der Waals surface area (Å²) in [6, 6.07) is 10.2. The van der Waals surface area contributed by atoms with Crippen molar-refractivity contribution in [2.45, 2.75) is 0 Å². The number of nitrogen functional groups attached to an aromatic ring is 1. The summed E-state index contributed by atoms with van der Waals surface area (Å²) in [5.74, 6) is 5.18. The van der Waals surface area contributed by atoms with E-state index in [1.54, 1.807) is 30.3 Å². The minimum atomic E-state index is 0.197. The second-order valence-corrected chi connectivity index (χ2v) is 3.29. The highest BCUT2D eigenvalue weighted by Gasteiger charge is 2.02. The largest absolute Gasteiger partial charge is 0.508 e. The summed E-state index contributed by atoms with van der Waals surface area (Å²) >= 11 is 0. The molecule has 0 atom stereocenters. The molecule has 2 aromatic carbocycles. The first-order chi connectivity index (χ1) is 7.72. The molecule has 76 valence electrons. The van der Waals surface area contributed by atoms with E-state index in [1.807, 2.05) is 6.07 Å². The van der Waals surface area contributed by atoms with Crippen LogP contribution in [0.4, 0.5) is 5.69 Å². The average Bonchev–Trinajstić information content (AvgIpc) is 2.28. The van der Waals surface area contributed by atoms with Gasteiger partial charge in [-0.2, -0.15) is 5.26 Å². The number of fused-ring (bicyclic) bond motifs is 1. The standard InChI is InChI=1S/C13H8N2O/c14-7-1-2-9-3-4-10-8-11(16)5-6-12(10)13(9)15/h3-6,8,16H,15H2. The van der Waals surface area contributed by atoms with Gasteiger partial charge in [-0.15, -0.1) is 0 Å². The first-order valence-corrected chi connectivity index (χ1v) is 4.63. The molecule has 3 heteroatoms. The molecule has 0 aromatic heterocycles. The van der Waals surface area contributed by atoms with E-state index in [9.17, 15) is 5.11 Å². The van der Waals surface area contributed by atoms with Gasteiger partial charge in [-0.3, -0.25) is 0 Å². The topological polar surface area (TPSA) is 70.0 Å². The van der Waals surface area contributed by atoms with Gasteiger partial charge in [0.05, 0.1) is 5.69 Å². The van der Waals surface area contributed by atoms with E-state index in [4.69, 9.17) is 11.0 Å². The molecule has 3 N–H and O–H groups in total. The van der Waals surface area contributed by atoms with Crippen molar-refractivity contribution in [3.05, 3.63) is 35.9 Å². The van der Waals surface area contributed by atoms with E-state index in [0.29, 0.717) is 11.3 Å². The van der Waals surface area contributed by atoms with Gasteiger partial charge in [0, 0.05) is 16.9 Å². The number of phenols is 1. The zero-order valence-corrected chi connectivity index (χ0v) is 8.36. The third-order valence-electron chi connectivity index (χ3n) is 2.30. The third kappa shape index (κ3) is 1.63. The predicted octanol–water partition coefficient (Wildman–Crippen LogP) is 2.00. The Hall–Kier alpha value is -2.65. The maximum atomic E-state index is 9.32. The molecule has 0 heterocycles. The summed E-state index contributed by atoms with van der Waals surface area (Å²) in [5, 5.41) is 19.4. The highest BCUT2D eigenvalue weighted by atomic mass is 16.3. The number of hydrogen-bond acceptors (Lipinski definition) is 3. The molecule has 2 aromatic rings. The molecule has 0 aliphatic rings. The lowest BCUT2D eigenvalue weighted by Crippen LogP contribution is -1.91. The Labute approximate surface area is 92.7 Å². The Kier molecular flexibility index (Phi) is 2.37. The number of rotatable bonds is 0. The maximum absolute atomic E-state index is 9.32. The molecule has 0 unspecified atom stereocenters. The van der Waals surface area contributed by atoms with E-state index in [-0.39, 0.29) is 5.75 Å². The van der Waals surface area contributed by atoms with Crippen molar-refractivity contribution >= 4 is 16.5 Å². The molecule has 0 saturated carbocycles. The van der Waals surface area contributed by atoms with Crippen molar-refractivity contribution in [1.82, 2.24) is 0 Å². The van der Waals surface area contributed by atoms with E-state index in [1.165, 1.54) is 0 Å². The van der Waals surface area contributed by atoms with Crippen LogP contribution in [-0.2, 0) is 0 Å². The van der Waals surface area contributed by atoms with Crippen LogP contribution in [0.2, 0.25) is 0 Å². The molecule has 0 bridgehead atoms. The normalized spacial score (nSPS) is 9.19. The number of nitrogens with zero attached hydrogens (tertiary/aromatic N) is 1. The molecule has 0 aliphatic carbocycles. The molecular weight excluding hydrogens is 200 g/mol. The maximum Gasteiger partial charge on any atom is 0.152 e. The number of benzene rings is 2. The van der Waals surface area contributed by atoms with Crippen molar-refractivity contribution in [1.29, 1.82) is 5.26 Å². The molecule has 0 fully saturated rings. The van der Waals surface area contributed by atoms with Crippen molar-refractivity contribution in [2.75, 3.05) is 5.73 Å². The summed E-state index contributed by atoms with van der Waals surface area (Å²) in [6.07, 6.45) is 0. The van der Waals surface area contributed by atoms with Gasteiger partial charge < -0.3 is 10.8 Å². The number of phenolic OH excluding ortho intramolecular Hbond substituents is 1. The first-order valence-electron chi connectivity index (χ1n) is 4.63. The molecule has 0 spiro atoms. The van der Waals surface area contributed by atoms with Gasteiger partial charge in [0.2, 0.25) is 0 Å². The Balaban J connectivity index is 2.71. The van der Waals surface area contributed by atoms with E-state index in [0.717, 1.165) is 10.8 Å². The fourth-order valence-corrected chi connectivity index (χ4v) is 1.55. The Morgan fingerprint density at radius 2 is 2.00 bits per heavy atom. The molecule has 2 rings (SSSR count).